The van der Waals surface area contributed by atoms with Gasteiger partial charge in [-0.2, -0.15) is 0 Å². The highest BCUT2D eigenvalue weighted by Crippen LogP contribution is 2.29. The van der Waals surface area contributed by atoms with E-state index in [-0.39, 0.29) is 11.4 Å². The first-order chi connectivity index (χ1) is 12.4. The molecule has 1 aromatic carbocycles. The molecule has 0 atom stereocenters. The van der Waals surface area contributed by atoms with Crippen molar-refractivity contribution in [2.24, 2.45) is 0 Å². The molecule has 0 radical (unpaired) electrons. The number of nitrogens with one attached hydrogen (secondary N) is 1. The van der Waals surface area contributed by atoms with Crippen molar-refractivity contribution in [3.63, 3.8) is 0 Å². The molecular formula is C20H23N5O. The zero-order valence-corrected chi connectivity index (χ0v) is 15.4. The third kappa shape index (κ3) is 2.92. The van der Waals surface area contributed by atoms with Crippen LogP contribution in [0.5, 0.6) is 0 Å². The Morgan fingerprint density at radius 2 is 2.08 bits per heavy atom. The Bertz CT molecular complexity index is 961. The first-order valence-electron chi connectivity index (χ1n) is 8.88. The van der Waals surface area contributed by atoms with E-state index in [1.807, 2.05) is 17.2 Å². The number of aromatic amines is 1. The lowest BCUT2D eigenvalue weighted by atomic mass is 9.98. The van der Waals surface area contributed by atoms with Gasteiger partial charge in [0.1, 0.15) is 5.52 Å². The summed E-state index contributed by atoms with van der Waals surface area (Å²) in [5.41, 5.74) is 4.53. The van der Waals surface area contributed by atoms with Crippen molar-refractivity contribution in [2.45, 2.75) is 26.3 Å². The van der Waals surface area contributed by atoms with Gasteiger partial charge in [0, 0.05) is 44.0 Å². The van der Waals surface area contributed by atoms with Gasteiger partial charge < -0.3 is 14.8 Å². The molecule has 1 N–H and O–H groups in total. The van der Waals surface area contributed by atoms with E-state index in [1.165, 1.54) is 0 Å². The SMILES string of the molecule is CC(=O)N1CCN(c2cccc(-c3cnc4[nH]ccc4n3)c2)CC1(C)C. The number of carbonyl (C=O) groups is 1. The van der Waals surface area contributed by atoms with Crippen molar-refractivity contribution < 1.29 is 4.79 Å². The molecule has 0 spiro atoms. The fraction of sp³-hybridized carbons (Fsp3) is 0.350. The molecular weight excluding hydrogens is 326 g/mol. The van der Waals surface area contributed by atoms with Crippen LogP contribution in [0.4, 0.5) is 5.69 Å². The third-order valence-electron chi connectivity index (χ3n) is 5.05. The molecule has 1 fully saturated rings. The van der Waals surface area contributed by atoms with E-state index < -0.39 is 0 Å². The minimum atomic E-state index is -0.191. The number of nitrogens with zero attached hydrogens (tertiary/aromatic N) is 4. The molecule has 1 amide bonds. The number of carbonyl (C=O) groups excluding carboxylic acids is 1. The second-order valence-corrected chi connectivity index (χ2v) is 7.42. The fourth-order valence-corrected chi connectivity index (χ4v) is 3.79. The molecule has 0 saturated carbocycles. The number of H-pyrrole nitrogens is 1. The minimum absolute atomic E-state index is 0.137. The molecule has 3 aromatic rings. The van der Waals surface area contributed by atoms with Crippen LogP contribution in [0.1, 0.15) is 20.8 Å². The molecule has 0 bridgehead atoms. The average Bonchev–Trinajstić information content (AvgIpc) is 3.08. The van der Waals surface area contributed by atoms with Crippen molar-refractivity contribution in [2.75, 3.05) is 24.5 Å². The molecule has 1 saturated heterocycles. The van der Waals surface area contributed by atoms with Gasteiger partial charge in [-0.15, -0.1) is 0 Å². The number of hydrogen-bond acceptors (Lipinski definition) is 4. The molecule has 1 aliphatic heterocycles. The first-order valence-corrected chi connectivity index (χ1v) is 8.88. The lowest BCUT2D eigenvalue weighted by Gasteiger charge is -2.47. The second-order valence-electron chi connectivity index (χ2n) is 7.42. The Morgan fingerprint density at radius 1 is 1.23 bits per heavy atom. The Balaban J connectivity index is 1.63. The summed E-state index contributed by atoms with van der Waals surface area (Å²) in [5.74, 6) is 0.137. The van der Waals surface area contributed by atoms with Crippen LogP contribution in [-0.4, -0.2) is 50.9 Å². The summed E-state index contributed by atoms with van der Waals surface area (Å²) < 4.78 is 0. The first kappa shape index (κ1) is 16.6. The highest BCUT2D eigenvalue weighted by atomic mass is 16.2. The summed E-state index contributed by atoms with van der Waals surface area (Å²) in [6.45, 7) is 8.26. The van der Waals surface area contributed by atoms with Crippen molar-refractivity contribution >= 4 is 22.8 Å². The smallest absolute Gasteiger partial charge is 0.220 e. The molecule has 0 aliphatic carbocycles. The Morgan fingerprint density at radius 3 is 2.85 bits per heavy atom. The lowest BCUT2D eigenvalue weighted by Crippen LogP contribution is -2.60. The van der Waals surface area contributed by atoms with Gasteiger partial charge in [0.05, 0.1) is 17.4 Å². The van der Waals surface area contributed by atoms with Gasteiger partial charge in [0.25, 0.3) is 0 Å². The summed E-state index contributed by atoms with van der Waals surface area (Å²) in [5, 5.41) is 0. The summed E-state index contributed by atoms with van der Waals surface area (Å²) in [4.78, 5) is 28.4. The van der Waals surface area contributed by atoms with Crippen molar-refractivity contribution in [1.29, 1.82) is 0 Å². The molecule has 3 heterocycles. The van der Waals surface area contributed by atoms with E-state index in [4.69, 9.17) is 4.98 Å². The Hall–Kier alpha value is -2.89. The quantitative estimate of drug-likeness (QED) is 0.772. The summed E-state index contributed by atoms with van der Waals surface area (Å²) in [6, 6.07) is 10.3. The second kappa shape index (κ2) is 6.12. The van der Waals surface area contributed by atoms with Crippen LogP contribution >= 0.6 is 0 Å². The number of rotatable bonds is 2. The molecule has 6 heteroatoms. The van der Waals surface area contributed by atoms with Crippen molar-refractivity contribution in [3.8, 4) is 11.3 Å². The van der Waals surface area contributed by atoms with Crippen molar-refractivity contribution in [1.82, 2.24) is 19.9 Å². The minimum Gasteiger partial charge on any atom is -0.367 e. The molecule has 2 aromatic heterocycles. The molecule has 26 heavy (non-hydrogen) atoms. The van der Waals surface area contributed by atoms with Gasteiger partial charge in [0.2, 0.25) is 5.91 Å². The van der Waals surface area contributed by atoms with Crippen molar-refractivity contribution in [3.05, 3.63) is 42.7 Å². The van der Waals surface area contributed by atoms with Gasteiger partial charge in [-0.1, -0.05) is 12.1 Å². The lowest BCUT2D eigenvalue weighted by molar-refractivity contribution is -0.134. The number of piperazine rings is 1. The number of benzene rings is 1. The van der Waals surface area contributed by atoms with Gasteiger partial charge in [-0.25, -0.2) is 9.97 Å². The van der Waals surface area contributed by atoms with Crippen LogP contribution in [-0.2, 0) is 4.79 Å². The largest absolute Gasteiger partial charge is 0.367 e. The van der Waals surface area contributed by atoms with E-state index in [0.717, 1.165) is 47.7 Å². The highest BCUT2D eigenvalue weighted by molar-refractivity contribution is 5.76. The highest BCUT2D eigenvalue weighted by Gasteiger charge is 2.35. The predicted octanol–water partition coefficient (Wildman–Crippen LogP) is 3.07. The Kier molecular flexibility index (Phi) is 3.90. The summed E-state index contributed by atoms with van der Waals surface area (Å²) in [7, 11) is 0. The van der Waals surface area contributed by atoms with Gasteiger partial charge in [-0.05, 0) is 32.0 Å². The number of amides is 1. The summed E-state index contributed by atoms with van der Waals surface area (Å²) >= 11 is 0. The van der Waals surface area contributed by atoms with E-state index >= 15 is 0 Å². The predicted molar refractivity (Wildman–Crippen MR) is 103 cm³/mol. The number of fused-ring (bicyclic) bond motifs is 1. The zero-order chi connectivity index (χ0) is 18.3. The van der Waals surface area contributed by atoms with E-state index in [2.05, 4.69) is 53.0 Å². The van der Waals surface area contributed by atoms with Gasteiger partial charge in [-0.3, -0.25) is 4.79 Å². The monoisotopic (exact) mass is 349 g/mol. The van der Waals surface area contributed by atoms with E-state index in [9.17, 15) is 4.79 Å². The van der Waals surface area contributed by atoms with E-state index in [0.29, 0.717) is 0 Å². The maximum atomic E-state index is 11.9. The third-order valence-corrected chi connectivity index (χ3v) is 5.05. The van der Waals surface area contributed by atoms with Gasteiger partial charge in [0.15, 0.2) is 5.65 Å². The molecule has 1 aliphatic rings. The maximum absolute atomic E-state index is 11.9. The Labute approximate surface area is 152 Å². The summed E-state index contributed by atoms with van der Waals surface area (Å²) in [6.07, 6.45) is 3.65. The maximum Gasteiger partial charge on any atom is 0.220 e. The number of hydrogen-bond donors (Lipinski definition) is 1. The van der Waals surface area contributed by atoms with Crippen LogP contribution in [0.2, 0.25) is 0 Å². The van der Waals surface area contributed by atoms with Crippen LogP contribution in [0.15, 0.2) is 42.7 Å². The standard InChI is InChI=1S/C20H23N5O/c1-14(26)25-10-9-24(13-20(25,2)3)16-6-4-5-15(11-16)18-12-22-19-17(23-18)7-8-21-19/h4-8,11-12H,9-10,13H2,1-3H3,(H,21,22). The van der Waals surface area contributed by atoms with Crippen LogP contribution in [0.25, 0.3) is 22.4 Å². The average molecular weight is 349 g/mol. The fourth-order valence-electron chi connectivity index (χ4n) is 3.79. The molecule has 4 rings (SSSR count). The van der Waals surface area contributed by atoms with Crippen LogP contribution in [0, 0.1) is 0 Å². The van der Waals surface area contributed by atoms with E-state index in [1.54, 1.807) is 13.1 Å². The number of anilines is 1. The zero-order valence-electron chi connectivity index (χ0n) is 15.4. The normalized spacial score (nSPS) is 16.9. The molecule has 0 unspecified atom stereocenters. The molecule has 6 nitrogen and oxygen atoms in total. The number of aromatic nitrogens is 3. The van der Waals surface area contributed by atoms with Crippen LogP contribution in [0.3, 0.4) is 0 Å². The topological polar surface area (TPSA) is 65.1 Å². The van der Waals surface area contributed by atoms with Gasteiger partial charge >= 0.3 is 0 Å². The van der Waals surface area contributed by atoms with Crippen LogP contribution < -0.4 is 4.90 Å². The molecule has 134 valence electrons.